The van der Waals surface area contributed by atoms with Gasteiger partial charge in [-0.3, -0.25) is 4.79 Å². The summed E-state index contributed by atoms with van der Waals surface area (Å²) in [4.78, 5) is 16.8. The zero-order chi connectivity index (χ0) is 18.3. The maximum Gasteiger partial charge on any atom is 0.416 e. The third-order valence-corrected chi connectivity index (χ3v) is 5.58. The van der Waals surface area contributed by atoms with Gasteiger partial charge in [-0.25, -0.2) is 4.98 Å². The molecule has 26 heavy (non-hydrogen) atoms. The van der Waals surface area contributed by atoms with Crippen LogP contribution in [0, 0.1) is 5.92 Å². The summed E-state index contributed by atoms with van der Waals surface area (Å²) in [7, 11) is 0. The van der Waals surface area contributed by atoms with Crippen molar-refractivity contribution < 1.29 is 18.0 Å². The molecule has 1 N–H and O–H groups in total. The van der Waals surface area contributed by atoms with Gasteiger partial charge < -0.3 is 5.32 Å². The molecule has 0 unspecified atom stereocenters. The molecule has 0 saturated heterocycles. The van der Waals surface area contributed by atoms with Crippen LogP contribution in [0.1, 0.15) is 28.5 Å². The number of amides is 1. The van der Waals surface area contributed by atoms with Gasteiger partial charge in [-0.2, -0.15) is 13.2 Å². The number of hydrogen-bond donors (Lipinski definition) is 1. The first-order chi connectivity index (χ1) is 12.4. The van der Waals surface area contributed by atoms with Gasteiger partial charge in [0, 0.05) is 5.92 Å². The fraction of sp³-hybridized carbons (Fsp3) is 0.263. The lowest BCUT2D eigenvalue weighted by atomic mass is 10.0. The normalized spacial score (nSPS) is 19.5. The molecule has 1 aliphatic rings. The monoisotopic (exact) mass is 376 g/mol. The van der Waals surface area contributed by atoms with Gasteiger partial charge in [-0.05, 0) is 36.1 Å². The smallest absolute Gasteiger partial charge is 0.349 e. The lowest BCUT2D eigenvalue weighted by Gasteiger charge is -2.12. The first-order valence-corrected chi connectivity index (χ1v) is 9.03. The quantitative estimate of drug-likeness (QED) is 0.715. The molecule has 0 spiro atoms. The maximum atomic E-state index is 13.1. The van der Waals surface area contributed by atoms with Crippen molar-refractivity contribution in [1.29, 1.82) is 0 Å². The zero-order valence-corrected chi connectivity index (χ0v) is 14.4. The number of fused-ring (bicyclic) bond motifs is 1. The van der Waals surface area contributed by atoms with Gasteiger partial charge in [0.15, 0.2) is 0 Å². The number of halogens is 3. The number of rotatable bonds is 4. The third kappa shape index (κ3) is 3.31. The predicted molar refractivity (Wildman–Crippen MR) is 93.8 cm³/mol. The lowest BCUT2D eigenvalue weighted by Crippen LogP contribution is -2.25. The second-order valence-electron chi connectivity index (χ2n) is 6.33. The van der Waals surface area contributed by atoms with Gasteiger partial charge in [-0.1, -0.05) is 30.3 Å². The molecule has 2 atom stereocenters. The van der Waals surface area contributed by atoms with E-state index in [1.54, 1.807) is 6.07 Å². The van der Waals surface area contributed by atoms with Crippen LogP contribution in [-0.4, -0.2) is 10.9 Å². The Kier molecular flexibility index (Phi) is 4.19. The van der Waals surface area contributed by atoms with E-state index in [0.717, 1.165) is 21.3 Å². The number of carbonyl (C=O) groups is 1. The van der Waals surface area contributed by atoms with Crippen molar-refractivity contribution in [2.75, 3.05) is 0 Å². The summed E-state index contributed by atoms with van der Waals surface area (Å²) in [5.74, 6) is -0.998. The van der Waals surface area contributed by atoms with Crippen LogP contribution < -0.4 is 5.32 Å². The summed E-state index contributed by atoms with van der Waals surface area (Å²) in [6.07, 6.45) is -3.96. The summed E-state index contributed by atoms with van der Waals surface area (Å²) >= 11 is 1.50. The fourth-order valence-corrected chi connectivity index (χ4v) is 4.10. The number of nitrogens with one attached hydrogen (secondary N) is 1. The highest BCUT2D eigenvalue weighted by atomic mass is 32.1. The van der Waals surface area contributed by atoms with E-state index >= 15 is 0 Å². The van der Waals surface area contributed by atoms with Gasteiger partial charge in [-0.15, -0.1) is 11.3 Å². The molecule has 1 amide bonds. The maximum absolute atomic E-state index is 13.1. The van der Waals surface area contributed by atoms with E-state index < -0.39 is 17.7 Å². The highest BCUT2D eigenvalue weighted by Crippen LogP contribution is 2.51. The lowest BCUT2D eigenvalue weighted by molar-refractivity contribution is -0.138. The van der Waals surface area contributed by atoms with Crippen LogP contribution in [0.3, 0.4) is 0 Å². The van der Waals surface area contributed by atoms with E-state index in [1.807, 2.05) is 24.3 Å². The number of para-hydroxylation sites is 1. The number of carbonyl (C=O) groups excluding carboxylic acids is 1. The van der Waals surface area contributed by atoms with E-state index in [-0.39, 0.29) is 17.4 Å². The first kappa shape index (κ1) is 17.0. The van der Waals surface area contributed by atoms with Crippen LogP contribution in [-0.2, 0) is 17.5 Å². The average molecular weight is 376 g/mol. The van der Waals surface area contributed by atoms with Gasteiger partial charge in [0.25, 0.3) is 0 Å². The molecule has 0 bridgehead atoms. The molecular formula is C19H15F3N2OS. The Morgan fingerprint density at radius 3 is 2.65 bits per heavy atom. The molecule has 3 nitrogen and oxygen atoms in total. The van der Waals surface area contributed by atoms with Crippen LogP contribution in [0.15, 0.2) is 48.5 Å². The van der Waals surface area contributed by atoms with Gasteiger partial charge in [0.1, 0.15) is 5.01 Å². The van der Waals surface area contributed by atoms with Gasteiger partial charge in [0.2, 0.25) is 5.91 Å². The highest BCUT2D eigenvalue weighted by molar-refractivity contribution is 7.18. The molecule has 0 radical (unpaired) electrons. The second-order valence-corrected chi connectivity index (χ2v) is 7.44. The molecule has 1 aromatic heterocycles. The van der Waals surface area contributed by atoms with E-state index in [4.69, 9.17) is 0 Å². The van der Waals surface area contributed by atoms with E-state index in [0.29, 0.717) is 13.0 Å². The molecule has 1 saturated carbocycles. The Bertz CT molecular complexity index is 934. The second kappa shape index (κ2) is 6.39. The van der Waals surface area contributed by atoms with Crippen LogP contribution in [0.5, 0.6) is 0 Å². The number of alkyl halides is 3. The Labute approximate surface area is 151 Å². The molecule has 0 aliphatic heterocycles. The molecule has 1 aliphatic carbocycles. The van der Waals surface area contributed by atoms with Gasteiger partial charge in [0.05, 0.1) is 22.3 Å². The van der Waals surface area contributed by atoms with E-state index in [2.05, 4.69) is 10.3 Å². The number of hydrogen-bond acceptors (Lipinski definition) is 3. The minimum Gasteiger partial charge on any atom is -0.349 e. The molecule has 1 heterocycles. The van der Waals surface area contributed by atoms with Crippen LogP contribution in [0.4, 0.5) is 13.2 Å². The summed E-state index contributed by atoms with van der Waals surface area (Å²) in [5.41, 5.74) is 0.441. The SMILES string of the molecule is O=C(NCc1nc2ccccc2s1)[C@@H]1C[C@H]1c1ccccc1C(F)(F)F. The Hall–Kier alpha value is -2.41. The Morgan fingerprint density at radius 1 is 1.15 bits per heavy atom. The topological polar surface area (TPSA) is 42.0 Å². The zero-order valence-electron chi connectivity index (χ0n) is 13.6. The summed E-state index contributed by atoms with van der Waals surface area (Å²) < 4.78 is 40.4. The minimum atomic E-state index is -4.40. The number of aromatic nitrogens is 1. The van der Waals surface area contributed by atoms with Crippen LogP contribution in [0.2, 0.25) is 0 Å². The van der Waals surface area contributed by atoms with Crippen molar-refractivity contribution in [3.63, 3.8) is 0 Å². The van der Waals surface area contributed by atoms with E-state index in [9.17, 15) is 18.0 Å². The van der Waals surface area contributed by atoms with Crippen molar-refractivity contribution in [2.24, 2.45) is 5.92 Å². The minimum absolute atomic E-state index is 0.208. The number of thiazole rings is 1. The van der Waals surface area contributed by atoms with Crippen molar-refractivity contribution in [3.05, 3.63) is 64.7 Å². The van der Waals surface area contributed by atoms with Crippen LogP contribution in [0.25, 0.3) is 10.2 Å². The standard InChI is InChI=1S/C19H15F3N2OS/c20-19(21,22)14-6-2-1-5-11(14)12-9-13(12)18(25)23-10-17-24-15-7-3-4-8-16(15)26-17/h1-8,12-13H,9-10H2,(H,23,25)/t12-,13+/m0/s1. The van der Waals surface area contributed by atoms with Crippen molar-refractivity contribution >= 4 is 27.5 Å². The van der Waals surface area contributed by atoms with Gasteiger partial charge >= 0.3 is 6.18 Å². The third-order valence-electron chi connectivity index (χ3n) is 4.54. The molecular weight excluding hydrogens is 361 g/mol. The van der Waals surface area contributed by atoms with E-state index in [1.165, 1.54) is 23.5 Å². The Morgan fingerprint density at radius 2 is 1.88 bits per heavy atom. The summed E-state index contributed by atoms with van der Waals surface area (Å²) in [6, 6.07) is 13.2. The fourth-order valence-electron chi connectivity index (χ4n) is 3.20. The molecule has 7 heteroatoms. The molecule has 134 valence electrons. The number of benzene rings is 2. The van der Waals surface area contributed by atoms with Crippen molar-refractivity contribution in [2.45, 2.75) is 25.1 Å². The molecule has 1 fully saturated rings. The molecule has 2 aromatic carbocycles. The van der Waals surface area contributed by atoms with Crippen LogP contribution >= 0.6 is 11.3 Å². The summed E-state index contributed by atoms with van der Waals surface area (Å²) in [5, 5.41) is 3.59. The molecule has 3 aromatic rings. The molecule has 4 rings (SSSR count). The highest BCUT2D eigenvalue weighted by Gasteiger charge is 2.47. The number of nitrogens with zero attached hydrogens (tertiary/aromatic N) is 1. The predicted octanol–water partition coefficient (Wildman–Crippen LogP) is 4.74. The van der Waals surface area contributed by atoms with Crippen molar-refractivity contribution in [3.8, 4) is 0 Å². The largest absolute Gasteiger partial charge is 0.416 e. The summed E-state index contributed by atoms with van der Waals surface area (Å²) in [6.45, 7) is 0.294. The van der Waals surface area contributed by atoms with Crippen molar-refractivity contribution in [1.82, 2.24) is 10.3 Å². The average Bonchev–Trinajstić information content (AvgIpc) is 3.31. The first-order valence-electron chi connectivity index (χ1n) is 8.22. The Balaban J connectivity index is 1.42.